The van der Waals surface area contributed by atoms with Crippen LogP contribution < -0.4 is 10.6 Å². The molecule has 3 aromatic rings. The molecule has 1 fully saturated rings. The van der Waals surface area contributed by atoms with Crippen LogP contribution in [0.3, 0.4) is 0 Å². The number of aromatic nitrogens is 4. The van der Waals surface area contributed by atoms with Crippen molar-refractivity contribution in [3.63, 3.8) is 0 Å². The van der Waals surface area contributed by atoms with E-state index in [-0.39, 0.29) is 5.91 Å². The molecule has 1 aromatic carbocycles. The largest absolute Gasteiger partial charge is 0.352 e. The van der Waals surface area contributed by atoms with Gasteiger partial charge in [-0.3, -0.25) is 9.78 Å². The summed E-state index contributed by atoms with van der Waals surface area (Å²) in [6, 6.07) is 8.94. The molecule has 0 bridgehead atoms. The SMILES string of the molecule is O=C(NCC1CCC(c2ccnc(Nc3cnccn3)n2)CC1)c1ccc(Cl)cc1. The van der Waals surface area contributed by atoms with E-state index in [1.807, 2.05) is 6.07 Å². The molecule has 1 aliphatic carbocycles. The summed E-state index contributed by atoms with van der Waals surface area (Å²) in [4.78, 5) is 29.5. The molecular weight excluding hydrogens is 400 g/mol. The number of nitrogens with one attached hydrogen (secondary N) is 2. The summed E-state index contributed by atoms with van der Waals surface area (Å²) in [6.45, 7) is 0.692. The number of halogens is 1. The standard InChI is InChI=1S/C22H23ClN6O/c23-18-7-5-17(6-8-18)21(30)27-13-15-1-3-16(4-2-15)19-9-10-26-22(28-19)29-20-14-24-11-12-25-20/h5-12,14-16H,1-4,13H2,(H,27,30)(H,25,26,28,29). The van der Waals surface area contributed by atoms with Crippen LogP contribution in [0, 0.1) is 5.92 Å². The van der Waals surface area contributed by atoms with Crippen molar-refractivity contribution in [1.29, 1.82) is 0 Å². The van der Waals surface area contributed by atoms with E-state index in [2.05, 4.69) is 30.6 Å². The molecule has 0 unspecified atom stereocenters. The highest BCUT2D eigenvalue weighted by Crippen LogP contribution is 2.35. The van der Waals surface area contributed by atoms with Gasteiger partial charge in [-0.1, -0.05) is 11.6 Å². The predicted octanol–water partition coefficient (Wildman–Crippen LogP) is 4.37. The molecular formula is C22H23ClN6O. The summed E-state index contributed by atoms with van der Waals surface area (Å²) in [5, 5.41) is 6.77. The minimum atomic E-state index is -0.0516. The lowest BCUT2D eigenvalue weighted by atomic mass is 9.80. The normalized spacial score (nSPS) is 18.6. The van der Waals surface area contributed by atoms with E-state index in [4.69, 9.17) is 11.6 Å². The molecule has 2 N–H and O–H groups in total. The summed E-state index contributed by atoms with van der Waals surface area (Å²) in [7, 11) is 0. The van der Waals surface area contributed by atoms with Crippen LogP contribution in [0.1, 0.15) is 47.7 Å². The second-order valence-electron chi connectivity index (χ2n) is 7.46. The van der Waals surface area contributed by atoms with Gasteiger partial charge < -0.3 is 10.6 Å². The molecule has 0 spiro atoms. The van der Waals surface area contributed by atoms with E-state index in [0.717, 1.165) is 31.4 Å². The molecule has 1 saturated carbocycles. The summed E-state index contributed by atoms with van der Waals surface area (Å²) in [6.07, 6.45) is 10.9. The van der Waals surface area contributed by atoms with Gasteiger partial charge in [0, 0.05) is 47.3 Å². The molecule has 4 rings (SSSR count). The van der Waals surface area contributed by atoms with Crippen LogP contribution in [0.4, 0.5) is 11.8 Å². The Hall–Kier alpha value is -3.06. The molecule has 1 aliphatic rings. The maximum absolute atomic E-state index is 12.3. The minimum absolute atomic E-state index is 0.0516. The molecule has 30 heavy (non-hydrogen) atoms. The molecule has 1 amide bonds. The Morgan fingerprint density at radius 3 is 2.53 bits per heavy atom. The summed E-state index contributed by atoms with van der Waals surface area (Å²) in [5.41, 5.74) is 1.68. The minimum Gasteiger partial charge on any atom is -0.352 e. The Morgan fingerprint density at radius 2 is 1.80 bits per heavy atom. The number of anilines is 2. The lowest BCUT2D eigenvalue weighted by Crippen LogP contribution is -2.31. The number of rotatable bonds is 6. The molecule has 154 valence electrons. The predicted molar refractivity (Wildman–Crippen MR) is 116 cm³/mol. The molecule has 0 aliphatic heterocycles. The number of carbonyl (C=O) groups is 1. The van der Waals surface area contributed by atoms with Crippen LogP contribution in [-0.4, -0.2) is 32.4 Å². The van der Waals surface area contributed by atoms with E-state index in [1.54, 1.807) is 49.1 Å². The monoisotopic (exact) mass is 422 g/mol. The van der Waals surface area contributed by atoms with Gasteiger partial charge in [-0.25, -0.2) is 15.0 Å². The van der Waals surface area contributed by atoms with E-state index < -0.39 is 0 Å². The van der Waals surface area contributed by atoms with Gasteiger partial charge in [0.05, 0.1) is 6.20 Å². The van der Waals surface area contributed by atoms with Crippen molar-refractivity contribution in [2.75, 3.05) is 11.9 Å². The van der Waals surface area contributed by atoms with Gasteiger partial charge in [-0.05, 0) is 61.9 Å². The smallest absolute Gasteiger partial charge is 0.251 e. The summed E-state index contributed by atoms with van der Waals surface area (Å²) in [5.74, 6) is 1.99. The van der Waals surface area contributed by atoms with Crippen molar-refractivity contribution in [3.8, 4) is 0 Å². The van der Waals surface area contributed by atoms with Gasteiger partial charge in [0.1, 0.15) is 0 Å². The van der Waals surface area contributed by atoms with E-state index in [0.29, 0.717) is 40.7 Å². The molecule has 2 aromatic heterocycles. The Labute approximate surface area is 180 Å². The first-order valence-electron chi connectivity index (χ1n) is 10.1. The lowest BCUT2D eigenvalue weighted by Gasteiger charge is -2.28. The topological polar surface area (TPSA) is 92.7 Å². The first kappa shape index (κ1) is 20.2. The van der Waals surface area contributed by atoms with E-state index in [1.165, 1.54) is 0 Å². The molecule has 0 atom stereocenters. The fraction of sp³-hybridized carbons (Fsp3) is 0.318. The van der Waals surface area contributed by atoms with Gasteiger partial charge in [0.2, 0.25) is 5.95 Å². The highest BCUT2D eigenvalue weighted by Gasteiger charge is 2.24. The third-order valence-corrected chi connectivity index (χ3v) is 5.65. The van der Waals surface area contributed by atoms with E-state index in [9.17, 15) is 4.79 Å². The Morgan fingerprint density at radius 1 is 1.00 bits per heavy atom. The number of hydrogen-bond donors (Lipinski definition) is 2. The van der Waals surface area contributed by atoms with Crippen molar-refractivity contribution in [2.45, 2.75) is 31.6 Å². The van der Waals surface area contributed by atoms with Crippen molar-refractivity contribution in [3.05, 3.63) is 71.4 Å². The number of amides is 1. The maximum Gasteiger partial charge on any atom is 0.251 e. The molecule has 0 radical (unpaired) electrons. The van der Waals surface area contributed by atoms with Gasteiger partial charge >= 0.3 is 0 Å². The number of carbonyl (C=O) groups excluding carboxylic acids is 1. The summed E-state index contributed by atoms with van der Waals surface area (Å²) < 4.78 is 0. The zero-order valence-electron chi connectivity index (χ0n) is 16.5. The Kier molecular flexibility index (Phi) is 6.49. The Bertz CT molecular complexity index is 974. The second kappa shape index (κ2) is 9.63. The van der Waals surface area contributed by atoms with Crippen LogP contribution >= 0.6 is 11.6 Å². The van der Waals surface area contributed by atoms with Gasteiger partial charge in [-0.2, -0.15) is 0 Å². The molecule has 7 nitrogen and oxygen atoms in total. The van der Waals surface area contributed by atoms with Gasteiger partial charge in [0.25, 0.3) is 5.91 Å². The lowest BCUT2D eigenvalue weighted by molar-refractivity contribution is 0.0943. The fourth-order valence-corrected chi connectivity index (χ4v) is 3.87. The first-order valence-corrected chi connectivity index (χ1v) is 10.4. The van der Waals surface area contributed by atoms with Crippen molar-refractivity contribution in [2.24, 2.45) is 5.92 Å². The number of nitrogens with zero attached hydrogens (tertiary/aromatic N) is 4. The average molecular weight is 423 g/mol. The van der Waals surface area contributed by atoms with Crippen LogP contribution in [0.25, 0.3) is 0 Å². The van der Waals surface area contributed by atoms with Crippen molar-refractivity contribution in [1.82, 2.24) is 25.3 Å². The third kappa shape index (κ3) is 5.30. The number of benzene rings is 1. The molecule has 0 saturated heterocycles. The van der Waals surface area contributed by atoms with Crippen molar-refractivity contribution < 1.29 is 4.79 Å². The Balaban J connectivity index is 1.27. The van der Waals surface area contributed by atoms with Gasteiger partial charge in [0.15, 0.2) is 5.82 Å². The number of hydrogen-bond acceptors (Lipinski definition) is 6. The fourth-order valence-electron chi connectivity index (χ4n) is 3.74. The second-order valence-corrected chi connectivity index (χ2v) is 7.89. The van der Waals surface area contributed by atoms with Crippen molar-refractivity contribution >= 4 is 29.3 Å². The zero-order valence-corrected chi connectivity index (χ0v) is 17.2. The quantitative estimate of drug-likeness (QED) is 0.612. The average Bonchev–Trinajstić information content (AvgIpc) is 2.79. The van der Waals surface area contributed by atoms with Crippen LogP contribution in [-0.2, 0) is 0 Å². The highest BCUT2D eigenvalue weighted by atomic mass is 35.5. The van der Waals surface area contributed by atoms with Crippen LogP contribution in [0.2, 0.25) is 5.02 Å². The zero-order chi connectivity index (χ0) is 20.8. The highest BCUT2D eigenvalue weighted by molar-refractivity contribution is 6.30. The first-order chi connectivity index (χ1) is 14.7. The molecule has 2 heterocycles. The maximum atomic E-state index is 12.3. The van der Waals surface area contributed by atoms with E-state index >= 15 is 0 Å². The summed E-state index contributed by atoms with van der Waals surface area (Å²) >= 11 is 5.88. The molecule has 8 heteroatoms. The third-order valence-electron chi connectivity index (χ3n) is 5.40. The van der Waals surface area contributed by atoms with Gasteiger partial charge in [-0.15, -0.1) is 0 Å². The van der Waals surface area contributed by atoms with Crippen LogP contribution in [0.15, 0.2) is 55.1 Å². The van der Waals surface area contributed by atoms with Crippen LogP contribution in [0.5, 0.6) is 0 Å².